The molecule has 2 saturated heterocycles. The van der Waals surface area contributed by atoms with Crippen LogP contribution in [0.25, 0.3) is 21.8 Å². The van der Waals surface area contributed by atoms with Crippen molar-refractivity contribution in [1.82, 2.24) is 24.3 Å². The van der Waals surface area contributed by atoms with Gasteiger partial charge in [0.05, 0.1) is 0 Å². The molecule has 2 unspecified atom stereocenters. The van der Waals surface area contributed by atoms with Gasteiger partial charge in [0.2, 0.25) is 5.91 Å². The normalized spacial score (nSPS) is 19.0. The zero-order chi connectivity index (χ0) is 47.8. The molecular weight excluding hydrogens is 864 g/mol. The first-order valence-corrected chi connectivity index (χ1v) is 24.7. The number of halogens is 3. The van der Waals surface area contributed by atoms with Gasteiger partial charge in [-0.05, 0) is 162 Å². The first kappa shape index (κ1) is 50.0. The number of amides is 3. The Kier molecular flexibility index (Phi) is 16.8. The van der Waals surface area contributed by atoms with Crippen LogP contribution in [0.4, 0.5) is 13.2 Å². The lowest BCUT2D eigenvalue weighted by Gasteiger charge is -2.33. The number of aliphatic carboxylic acids is 1. The molecule has 2 aliphatic heterocycles. The highest BCUT2D eigenvalue weighted by atomic mass is 19.4. The Balaban J connectivity index is 0.000000201. The second-order valence-corrected chi connectivity index (χ2v) is 19.2. The highest BCUT2D eigenvalue weighted by molar-refractivity contribution is 6.00. The summed E-state index contributed by atoms with van der Waals surface area (Å²) >= 11 is 0. The van der Waals surface area contributed by atoms with Gasteiger partial charge in [0, 0.05) is 124 Å². The van der Waals surface area contributed by atoms with Gasteiger partial charge in [0.15, 0.2) is 0 Å². The summed E-state index contributed by atoms with van der Waals surface area (Å²) in [5, 5.41) is 13.1. The number of alkyl halides is 3. The number of carboxylic acid groups (broad SMARTS) is 1. The molecule has 12 nitrogen and oxygen atoms in total. The van der Waals surface area contributed by atoms with E-state index < -0.39 is 24.6 Å². The van der Waals surface area contributed by atoms with Crippen molar-refractivity contribution in [1.29, 1.82) is 0 Å². The van der Waals surface area contributed by atoms with E-state index in [1.165, 1.54) is 51.2 Å². The van der Waals surface area contributed by atoms with Gasteiger partial charge in [0.1, 0.15) is 6.54 Å². The maximum atomic E-state index is 13.1. The van der Waals surface area contributed by atoms with Gasteiger partial charge in [-0.1, -0.05) is 0 Å². The van der Waals surface area contributed by atoms with E-state index >= 15 is 0 Å². The molecule has 3 amide bonds. The van der Waals surface area contributed by atoms with E-state index in [-0.39, 0.29) is 31.2 Å². The molecule has 4 aliphatic rings. The third-order valence-electron chi connectivity index (χ3n) is 15.0. The van der Waals surface area contributed by atoms with Crippen molar-refractivity contribution in [2.45, 2.75) is 123 Å². The average Bonchev–Trinajstić information content (AvgIpc) is 3.83. The summed E-state index contributed by atoms with van der Waals surface area (Å²) in [6.45, 7) is 9.04. The van der Waals surface area contributed by atoms with E-state index in [2.05, 4.69) is 35.1 Å². The fourth-order valence-electron chi connectivity index (χ4n) is 11.4. The van der Waals surface area contributed by atoms with Crippen LogP contribution >= 0.6 is 0 Å². The second-order valence-electron chi connectivity index (χ2n) is 19.2. The summed E-state index contributed by atoms with van der Waals surface area (Å²) in [5.41, 5.74) is 9.31. The molecule has 2 N–H and O–H groups in total. The zero-order valence-corrected chi connectivity index (χ0v) is 39.9. The molecule has 366 valence electrons. The molecule has 0 bridgehead atoms. The predicted molar refractivity (Wildman–Crippen MR) is 252 cm³/mol. The largest absolute Gasteiger partial charge is 0.481 e. The van der Waals surface area contributed by atoms with Gasteiger partial charge in [-0.25, -0.2) is 0 Å². The third kappa shape index (κ3) is 12.1. The highest BCUT2D eigenvalue weighted by Gasteiger charge is 2.33. The maximum absolute atomic E-state index is 13.1. The van der Waals surface area contributed by atoms with Crippen molar-refractivity contribution >= 4 is 45.5 Å². The van der Waals surface area contributed by atoms with Crippen LogP contribution in [0.5, 0.6) is 0 Å². The Hall–Kier alpha value is -4.89. The number of carbonyl (C=O) groups is 4. The molecule has 2 aromatic carbocycles. The van der Waals surface area contributed by atoms with Crippen LogP contribution in [0.2, 0.25) is 0 Å². The topological polar surface area (TPSA) is 135 Å². The number of fused-ring (bicyclic) bond motifs is 6. The summed E-state index contributed by atoms with van der Waals surface area (Å²) in [6.07, 6.45) is 7.64. The summed E-state index contributed by atoms with van der Waals surface area (Å²) in [6, 6.07) is 12.0. The van der Waals surface area contributed by atoms with Crippen LogP contribution in [0.15, 0.2) is 36.4 Å². The minimum Gasteiger partial charge on any atom is -0.481 e. The number of nitrogens with zero attached hydrogens (tertiary/aromatic N) is 4. The summed E-state index contributed by atoms with van der Waals surface area (Å²) < 4.78 is 52.7. The Morgan fingerprint density at radius 1 is 0.672 bits per heavy atom. The second kappa shape index (κ2) is 22.5. The Labute approximate surface area is 392 Å². The van der Waals surface area contributed by atoms with Crippen LogP contribution in [0.3, 0.4) is 0 Å². The SMILES string of the molecule is CCn1c2c(c3cc(C(=O)N(C)CCCC(=O)NCC(F)(F)F)ccc31)CC(C1CCOCC1)CC2.CCn1c2c(c3cc(C(=O)N(C)CCCC(=O)O)ccc31)CC(C1CCOCC1)CC2. The van der Waals surface area contributed by atoms with Crippen molar-refractivity contribution in [2.75, 3.05) is 60.2 Å². The summed E-state index contributed by atoms with van der Waals surface area (Å²) in [5.74, 6) is 1.09. The molecule has 8 rings (SSSR count). The molecule has 0 saturated carbocycles. The maximum Gasteiger partial charge on any atom is 0.405 e. The monoisotopic (exact) mass is 934 g/mol. The van der Waals surface area contributed by atoms with Gasteiger partial charge in [-0.3, -0.25) is 19.2 Å². The van der Waals surface area contributed by atoms with Crippen molar-refractivity contribution in [3.8, 4) is 0 Å². The van der Waals surface area contributed by atoms with E-state index in [1.807, 2.05) is 29.6 Å². The van der Waals surface area contributed by atoms with Gasteiger partial charge in [-0.2, -0.15) is 13.2 Å². The first-order valence-electron chi connectivity index (χ1n) is 24.7. The van der Waals surface area contributed by atoms with E-state index in [1.54, 1.807) is 19.0 Å². The number of aryl methyl sites for hydroxylation is 2. The lowest BCUT2D eigenvalue weighted by atomic mass is 9.75. The smallest absolute Gasteiger partial charge is 0.405 e. The number of nitrogens with one attached hydrogen (secondary N) is 1. The lowest BCUT2D eigenvalue weighted by Crippen LogP contribution is -2.34. The van der Waals surface area contributed by atoms with Gasteiger partial charge >= 0.3 is 12.1 Å². The Bertz CT molecular complexity index is 2380. The zero-order valence-electron chi connectivity index (χ0n) is 39.9. The molecule has 2 aromatic heterocycles. The lowest BCUT2D eigenvalue weighted by molar-refractivity contribution is -0.138. The van der Waals surface area contributed by atoms with Crippen molar-refractivity contribution in [3.63, 3.8) is 0 Å². The van der Waals surface area contributed by atoms with Gasteiger partial charge in [0.25, 0.3) is 11.8 Å². The van der Waals surface area contributed by atoms with E-state index in [0.29, 0.717) is 48.3 Å². The quantitative estimate of drug-likeness (QED) is 0.122. The van der Waals surface area contributed by atoms with Crippen LogP contribution in [0, 0.1) is 23.7 Å². The van der Waals surface area contributed by atoms with Crippen LogP contribution in [-0.4, -0.2) is 114 Å². The first-order chi connectivity index (χ1) is 32.2. The molecule has 2 aliphatic carbocycles. The molecular formula is C52H70F3N5O7. The molecule has 4 aromatic rings. The molecule has 2 fully saturated rings. The van der Waals surface area contributed by atoms with Crippen LogP contribution < -0.4 is 5.32 Å². The number of carboxylic acids is 1. The molecule has 0 spiro atoms. The van der Waals surface area contributed by atoms with Crippen LogP contribution in [0.1, 0.15) is 121 Å². The Morgan fingerprint density at radius 2 is 1.10 bits per heavy atom. The molecule has 15 heteroatoms. The molecule has 67 heavy (non-hydrogen) atoms. The minimum absolute atomic E-state index is 0.0397. The molecule has 2 atom stereocenters. The van der Waals surface area contributed by atoms with E-state index in [4.69, 9.17) is 14.6 Å². The average molecular weight is 934 g/mol. The molecule has 0 radical (unpaired) electrons. The number of hydrogen-bond donors (Lipinski definition) is 2. The van der Waals surface area contributed by atoms with E-state index in [9.17, 15) is 32.3 Å². The Morgan fingerprint density at radius 3 is 1.51 bits per heavy atom. The summed E-state index contributed by atoms with van der Waals surface area (Å²) in [7, 11) is 3.41. The number of aromatic nitrogens is 2. The van der Waals surface area contributed by atoms with Crippen LogP contribution in [-0.2, 0) is 57.8 Å². The predicted octanol–water partition coefficient (Wildman–Crippen LogP) is 8.85. The minimum atomic E-state index is -4.43. The highest BCUT2D eigenvalue weighted by Crippen LogP contribution is 2.41. The van der Waals surface area contributed by atoms with Crippen molar-refractivity contribution in [2.24, 2.45) is 23.7 Å². The standard InChI is InChI=1S/C27H36F3N3O3.C25H34N2O4/c1-3-33-23-8-6-19(18-10-13-36-14-11-18)15-21(23)22-16-20(7-9-24(22)33)26(35)32(2)12-4-5-25(34)31-17-27(28,29)30;1-3-27-22-8-6-18(17-10-13-31-14-11-17)15-20(22)21-16-19(7-9-23(21)27)25(30)26(2)12-4-5-24(28)29/h7,9,16,18-19H,3-6,8,10-15,17H2,1-2H3,(H,31,34);7,9,16-18H,3-6,8,10-15H2,1-2H3,(H,28,29). The van der Waals surface area contributed by atoms with Crippen molar-refractivity contribution < 1.29 is 46.9 Å². The van der Waals surface area contributed by atoms with E-state index in [0.717, 1.165) is 108 Å². The third-order valence-corrected chi connectivity index (χ3v) is 15.0. The van der Waals surface area contributed by atoms with Gasteiger partial charge in [-0.15, -0.1) is 0 Å². The van der Waals surface area contributed by atoms with Gasteiger partial charge < -0.3 is 38.8 Å². The number of carbonyl (C=O) groups excluding carboxylic acids is 3. The number of benzene rings is 2. The number of ether oxygens (including phenoxy) is 2. The fourth-order valence-corrected chi connectivity index (χ4v) is 11.4. The summed E-state index contributed by atoms with van der Waals surface area (Å²) in [4.78, 5) is 51.7. The number of hydrogen-bond acceptors (Lipinski definition) is 6. The fraction of sp³-hybridized carbons (Fsp3) is 0.615. The number of rotatable bonds is 15. The molecule has 4 heterocycles. The van der Waals surface area contributed by atoms with Crippen molar-refractivity contribution in [3.05, 3.63) is 70.0 Å².